The van der Waals surface area contributed by atoms with E-state index >= 15 is 0 Å². The van der Waals surface area contributed by atoms with Gasteiger partial charge >= 0.3 is 5.97 Å². The second-order valence-corrected chi connectivity index (χ2v) is 4.75. The molecule has 2 N–H and O–H groups in total. The average molecular weight is 332 g/mol. The number of nitrogens with zero attached hydrogens (tertiary/aromatic N) is 2. The van der Waals surface area contributed by atoms with Gasteiger partial charge in [-0.1, -0.05) is 0 Å². The Morgan fingerprint density at radius 1 is 1.17 bits per heavy atom. The van der Waals surface area contributed by atoms with Crippen molar-refractivity contribution >= 4 is 28.6 Å². The third-order valence-electron chi connectivity index (χ3n) is 3.25. The average Bonchev–Trinajstić information content (AvgIpc) is 3.04. The minimum atomic E-state index is -1.23. The molecule has 24 heavy (non-hydrogen) atoms. The van der Waals surface area contributed by atoms with Crippen molar-refractivity contribution in [1.29, 1.82) is 0 Å². The Morgan fingerprint density at radius 2 is 1.92 bits per heavy atom. The topological polar surface area (TPSA) is 97.0 Å². The molecular formula is C15H10F2N4O3. The maximum absolute atomic E-state index is 13.4. The number of carbonyl (C=O) groups is 2. The van der Waals surface area contributed by atoms with E-state index in [0.717, 1.165) is 7.11 Å². The number of hydrogen-bond acceptors (Lipinski definition) is 5. The third-order valence-corrected chi connectivity index (χ3v) is 3.25. The number of imidazole rings is 1. The Labute approximate surface area is 133 Å². The van der Waals surface area contributed by atoms with Gasteiger partial charge in [-0.3, -0.25) is 4.79 Å². The van der Waals surface area contributed by atoms with Gasteiger partial charge in [0.25, 0.3) is 5.91 Å². The zero-order chi connectivity index (χ0) is 17.3. The van der Waals surface area contributed by atoms with E-state index in [4.69, 9.17) is 0 Å². The molecule has 2 heterocycles. The second kappa shape index (κ2) is 6.03. The first-order valence-corrected chi connectivity index (χ1v) is 6.67. The predicted molar refractivity (Wildman–Crippen MR) is 79.5 cm³/mol. The Kier molecular flexibility index (Phi) is 3.90. The molecule has 0 unspecified atom stereocenters. The summed E-state index contributed by atoms with van der Waals surface area (Å²) in [6.07, 6.45) is 2.83. The standard InChI is InChI=1S/C15H10F2N4O3/c1-24-15(23)7-2-8(16)9(17)3-10(7)21-14(22)12-4-11-13(5-18-12)20-6-19-11/h2-6H,1H3,(H,19,20)(H,21,22). The van der Waals surface area contributed by atoms with Crippen LogP contribution in [0.4, 0.5) is 14.5 Å². The summed E-state index contributed by atoms with van der Waals surface area (Å²) in [6, 6.07) is 2.80. The van der Waals surface area contributed by atoms with Crippen molar-refractivity contribution in [3.63, 3.8) is 0 Å². The van der Waals surface area contributed by atoms with Crippen LogP contribution in [0.25, 0.3) is 11.0 Å². The molecule has 0 aliphatic carbocycles. The summed E-state index contributed by atoms with van der Waals surface area (Å²) in [7, 11) is 1.09. The highest BCUT2D eigenvalue weighted by atomic mass is 19.2. The molecule has 0 radical (unpaired) electrons. The van der Waals surface area contributed by atoms with E-state index in [2.05, 4.69) is 25.0 Å². The van der Waals surface area contributed by atoms with Crippen LogP contribution >= 0.6 is 0 Å². The van der Waals surface area contributed by atoms with Crippen molar-refractivity contribution in [2.45, 2.75) is 0 Å². The number of methoxy groups -OCH3 is 1. The fraction of sp³-hybridized carbons (Fsp3) is 0.0667. The lowest BCUT2D eigenvalue weighted by Gasteiger charge is -2.10. The molecular weight excluding hydrogens is 322 g/mol. The first-order valence-electron chi connectivity index (χ1n) is 6.67. The molecule has 1 amide bonds. The van der Waals surface area contributed by atoms with Crippen LogP contribution in [0, 0.1) is 11.6 Å². The molecule has 0 aliphatic heterocycles. The van der Waals surface area contributed by atoms with Gasteiger partial charge in [0, 0.05) is 6.07 Å². The van der Waals surface area contributed by atoms with E-state index in [-0.39, 0.29) is 16.9 Å². The van der Waals surface area contributed by atoms with Gasteiger partial charge in [0.15, 0.2) is 11.6 Å². The zero-order valence-electron chi connectivity index (χ0n) is 12.3. The van der Waals surface area contributed by atoms with E-state index in [0.29, 0.717) is 23.2 Å². The molecule has 122 valence electrons. The lowest BCUT2D eigenvalue weighted by atomic mass is 10.1. The molecule has 0 saturated carbocycles. The molecule has 0 saturated heterocycles. The monoisotopic (exact) mass is 332 g/mol. The van der Waals surface area contributed by atoms with Crippen molar-refractivity contribution in [3.8, 4) is 0 Å². The minimum absolute atomic E-state index is 0.00676. The van der Waals surface area contributed by atoms with Crippen molar-refractivity contribution in [3.05, 3.63) is 53.6 Å². The summed E-state index contributed by atoms with van der Waals surface area (Å²) < 4.78 is 31.3. The van der Waals surface area contributed by atoms with Crippen molar-refractivity contribution in [1.82, 2.24) is 15.0 Å². The SMILES string of the molecule is COC(=O)c1cc(F)c(F)cc1NC(=O)c1cc2[nH]cnc2cn1. The van der Waals surface area contributed by atoms with E-state index in [1.807, 2.05) is 0 Å². The summed E-state index contributed by atoms with van der Waals surface area (Å²) in [5, 5.41) is 2.32. The number of H-pyrrole nitrogens is 1. The molecule has 3 aromatic rings. The van der Waals surface area contributed by atoms with Crippen molar-refractivity contribution in [2.75, 3.05) is 12.4 Å². The van der Waals surface area contributed by atoms with E-state index in [1.54, 1.807) is 0 Å². The van der Waals surface area contributed by atoms with E-state index in [1.165, 1.54) is 18.6 Å². The van der Waals surface area contributed by atoms with E-state index < -0.39 is 23.5 Å². The minimum Gasteiger partial charge on any atom is -0.465 e. The fourth-order valence-corrected chi connectivity index (χ4v) is 2.08. The molecule has 3 rings (SSSR count). The van der Waals surface area contributed by atoms with Crippen LogP contribution in [0.5, 0.6) is 0 Å². The highest BCUT2D eigenvalue weighted by Gasteiger charge is 2.19. The summed E-state index contributed by atoms with van der Waals surface area (Å²) >= 11 is 0. The molecule has 0 bridgehead atoms. The molecule has 9 heteroatoms. The quantitative estimate of drug-likeness (QED) is 0.717. The van der Waals surface area contributed by atoms with Gasteiger partial charge in [-0.15, -0.1) is 0 Å². The molecule has 0 spiro atoms. The predicted octanol–water partition coefficient (Wildman–Crippen LogP) is 2.28. The zero-order valence-corrected chi connectivity index (χ0v) is 12.3. The van der Waals surface area contributed by atoms with E-state index in [9.17, 15) is 18.4 Å². The smallest absolute Gasteiger partial charge is 0.340 e. The Morgan fingerprint density at radius 3 is 2.67 bits per heavy atom. The highest BCUT2D eigenvalue weighted by Crippen LogP contribution is 2.22. The van der Waals surface area contributed by atoms with Gasteiger partial charge in [0.2, 0.25) is 0 Å². The third kappa shape index (κ3) is 2.78. The molecule has 0 atom stereocenters. The van der Waals surface area contributed by atoms with Crippen LogP contribution in [0.1, 0.15) is 20.8 Å². The second-order valence-electron chi connectivity index (χ2n) is 4.75. The highest BCUT2D eigenvalue weighted by molar-refractivity contribution is 6.07. The van der Waals surface area contributed by atoms with Gasteiger partial charge < -0.3 is 15.0 Å². The normalized spacial score (nSPS) is 10.6. The molecule has 1 aromatic carbocycles. The molecule has 2 aromatic heterocycles. The number of aromatic amines is 1. The summed E-state index contributed by atoms with van der Waals surface area (Å²) in [5.41, 5.74) is 0.611. The fourth-order valence-electron chi connectivity index (χ4n) is 2.08. The molecule has 0 fully saturated rings. The van der Waals surface area contributed by atoms with Crippen LogP contribution < -0.4 is 5.32 Å². The number of amides is 1. The van der Waals surface area contributed by atoms with Gasteiger partial charge in [0.05, 0.1) is 36.4 Å². The first-order chi connectivity index (χ1) is 11.5. The summed E-state index contributed by atoms with van der Waals surface area (Å²) in [6.45, 7) is 0. The number of esters is 1. The number of aromatic nitrogens is 3. The Balaban J connectivity index is 1.96. The lowest BCUT2D eigenvalue weighted by molar-refractivity contribution is 0.0601. The number of halogens is 2. The summed E-state index contributed by atoms with van der Waals surface area (Å²) in [5.74, 6) is -4.07. The first kappa shape index (κ1) is 15.5. The van der Waals surface area contributed by atoms with Gasteiger partial charge in [-0.25, -0.2) is 23.5 Å². The number of nitrogens with one attached hydrogen (secondary N) is 2. The largest absolute Gasteiger partial charge is 0.465 e. The van der Waals surface area contributed by atoms with Crippen LogP contribution in [0.3, 0.4) is 0 Å². The Hall–Kier alpha value is -3.36. The van der Waals surface area contributed by atoms with Crippen LogP contribution in [0.15, 0.2) is 30.7 Å². The van der Waals surface area contributed by atoms with Crippen LogP contribution in [0.2, 0.25) is 0 Å². The van der Waals surface area contributed by atoms with Gasteiger partial charge in [0.1, 0.15) is 11.2 Å². The number of benzene rings is 1. The van der Waals surface area contributed by atoms with Gasteiger partial charge in [-0.05, 0) is 12.1 Å². The number of carbonyl (C=O) groups excluding carboxylic acids is 2. The molecule has 0 aliphatic rings. The molecule has 7 nitrogen and oxygen atoms in total. The maximum Gasteiger partial charge on any atom is 0.340 e. The Bertz CT molecular complexity index is 955. The number of fused-ring (bicyclic) bond motifs is 1. The van der Waals surface area contributed by atoms with Crippen LogP contribution in [-0.2, 0) is 4.74 Å². The maximum atomic E-state index is 13.4. The number of ether oxygens (including phenoxy) is 1. The van der Waals surface area contributed by atoms with Gasteiger partial charge in [-0.2, -0.15) is 0 Å². The number of hydrogen-bond donors (Lipinski definition) is 2. The van der Waals surface area contributed by atoms with Crippen LogP contribution in [-0.4, -0.2) is 33.9 Å². The number of anilines is 1. The summed E-state index contributed by atoms with van der Waals surface area (Å²) in [4.78, 5) is 34.6. The lowest BCUT2D eigenvalue weighted by Crippen LogP contribution is -2.17. The van der Waals surface area contributed by atoms with Crippen molar-refractivity contribution < 1.29 is 23.1 Å². The van der Waals surface area contributed by atoms with Crippen molar-refractivity contribution in [2.24, 2.45) is 0 Å². The number of rotatable bonds is 3. The number of pyridine rings is 1.